The van der Waals surface area contributed by atoms with E-state index in [0.29, 0.717) is 0 Å². The van der Waals surface area contributed by atoms with E-state index in [-0.39, 0.29) is 0 Å². The maximum Gasteiger partial charge on any atom is 0.143 e. The topological polar surface area (TPSA) is 21.3 Å². The van der Waals surface area contributed by atoms with Crippen LogP contribution in [0, 0.1) is 0 Å². The quantitative estimate of drug-likeness (QED) is 0.167. The van der Waals surface area contributed by atoms with E-state index >= 15 is 0 Å². The summed E-state index contributed by atoms with van der Waals surface area (Å²) in [6, 6.07) is 79.3. The first kappa shape index (κ1) is 34.9. The second-order valence-corrected chi connectivity index (χ2v) is 17.2. The molecule has 0 aliphatic heterocycles. The first-order valence-electron chi connectivity index (χ1n) is 21.1. The smallest absolute Gasteiger partial charge is 0.143 e. The van der Waals surface area contributed by atoms with Gasteiger partial charge in [-0.15, -0.1) is 11.3 Å². The summed E-state index contributed by atoms with van der Waals surface area (Å²) in [5, 5.41) is 9.64. The number of furan rings is 1. The van der Waals surface area contributed by atoms with Gasteiger partial charge in [0.1, 0.15) is 11.2 Å². The van der Waals surface area contributed by atoms with E-state index in [1.54, 1.807) is 0 Å². The summed E-state index contributed by atoms with van der Waals surface area (Å²) in [7, 11) is 0. The van der Waals surface area contributed by atoms with Crippen molar-refractivity contribution in [1.29, 1.82) is 0 Å². The van der Waals surface area contributed by atoms with E-state index in [9.17, 15) is 0 Å². The number of para-hydroxylation sites is 3. The first-order chi connectivity index (χ1) is 30.7. The lowest BCUT2D eigenvalue weighted by molar-refractivity contribution is 0.670. The van der Waals surface area contributed by atoms with Gasteiger partial charge in [-0.3, -0.25) is 0 Å². The first-order valence-corrected chi connectivity index (χ1v) is 21.9. The molecule has 0 N–H and O–H groups in total. The Kier molecular flexibility index (Phi) is 7.78. The summed E-state index contributed by atoms with van der Waals surface area (Å²) < 4.78 is 11.8. The van der Waals surface area contributed by atoms with Crippen molar-refractivity contribution in [2.24, 2.45) is 0 Å². The van der Waals surface area contributed by atoms with Gasteiger partial charge >= 0.3 is 0 Å². The highest BCUT2D eigenvalue weighted by molar-refractivity contribution is 7.25. The molecule has 0 amide bonds. The molecule has 3 heterocycles. The summed E-state index contributed by atoms with van der Waals surface area (Å²) in [4.78, 5) is 2.42. The van der Waals surface area contributed by atoms with E-state index in [2.05, 4.69) is 228 Å². The van der Waals surface area contributed by atoms with Gasteiger partial charge in [-0.05, 0) is 101 Å². The van der Waals surface area contributed by atoms with Gasteiger partial charge in [-0.25, -0.2) is 0 Å². The molecule has 0 atom stereocenters. The van der Waals surface area contributed by atoms with E-state index in [4.69, 9.17) is 4.42 Å². The van der Waals surface area contributed by atoms with Crippen LogP contribution in [0.4, 0.5) is 17.1 Å². The van der Waals surface area contributed by atoms with Gasteiger partial charge < -0.3 is 13.9 Å². The van der Waals surface area contributed by atoms with Crippen molar-refractivity contribution in [2.75, 3.05) is 4.90 Å². The molecule has 0 spiro atoms. The number of hydrogen-bond acceptors (Lipinski definition) is 3. The molecular weight excluding hydrogens is 773 g/mol. The second-order valence-electron chi connectivity index (χ2n) is 16.1. The molecule has 13 aromatic rings. The van der Waals surface area contributed by atoms with Crippen LogP contribution < -0.4 is 4.90 Å². The van der Waals surface area contributed by atoms with Crippen LogP contribution in [0.3, 0.4) is 0 Å². The Labute approximate surface area is 361 Å². The maximum absolute atomic E-state index is 6.82. The highest BCUT2D eigenvalue weighted by atomic mass is 32.1. The molecule has 62 heavy (non-hydrogen) atoms. The lowest BCUT2D eigenvalue weighted by Gasteiger charge is -2.28. The van der Waals surface area contributed by atoms with Gasteiger partial charge in [-0.1, -0.05) is 140 Å². The lowest BCUT2D eigenvalue weighted by Crippen LogP contribution is -2.10. The number of rotatable bonds is 6. The van der Waals surface area contributed by atoms with Crippen molar-refractivity contribution in [1.82, 2.24) is 4.57 Å². The van der Waals surface area contributed by atoms with Crippen molar-refractivity contribution < 1.29 is 4.42 Å². The molecule has 290 valence electrons. The molecule has 13 rings (SSSR count). The van der Waals surface area contributed by atoms with E-state index in [0.717, 1.165) is 55.8 Å². The highest BCUT2D eigenvalue weighted by Gasteiger charge is 2.22. The Balaban J connectivity index is 1.02. The van der Waals surface area contributed by atoms with Crippen LogP contribution in [0.15, 0.2) is 223 Å². The molecule has 0 radical (unpaired) electrons. The van der Waals surface area contributed by atoms with E-state index in [1.807, 2.05) is 11.3 Å². The third kappa shape index (κ3) is 5.44. The summed E-state index contributed by atoms with van der Waals surface area (Å²) in [5.41, 5.74) is 13.0. The molecule has 3 aromatic heterocycles. The van der Waals surface area contributed by atoms with Crippen molar-refractivity contribution in [3.63, 3.8) is 0 Å². The zero-order chi connectivity index (χ0) is 40.7. The standard InChI is InChI=1S/C58H36N2OS/c1-2-17-44-38(13-1)14-12-24-52(44)59(41-30-27-37(28-31-41)39-29-32-57-50(34-39)48-21-6-10-26-56(48)62-57)43-35-49(58-51(36-43)47-20-5-9-25-55(47)61-58)40-15-11-16-42(33-40)60-53-22-7-3-18-45(53)46-19-4-8-23-54(46)60/h1-36H. The third-order valence-electron chi connectivity index (χ3n) is 12.6. The van der Waals surface area contributed by atoms with Crippen LogP contribution in [0.25, 0.3) is 103 Å². The molecule has 0 saturated heterocycles. The molecule has 10 aromatic carbocycles. The minimum Gasteiger partial charge on any atom is -0.455 e. The monoisotopic (exact) mass is 808 g/mol. The van der Waals surface area contributed by atoms with Gasteiger partial charge in [-0.2, -0.15) is 0 Å². The fraction of sp³-hybridized carbons (Fsp3) is 0. The van der Waals surface area contributed by atoms with Gasteiger partial charge in [0.2, 0.25) is 0 Å². The lowest BCUT2D eigenvalue weighted by atomic mass is 9.98. The Morgan fingerprint density at radius 2 is 1.03 bits per heavy atom. The summed E-state index contributed by atoms with van der Waals surface area (Å²) >= 11 is 1.86. The van der Waals surface area contributed by atoms with E-state index in [1.165, 1.54) is 63.9 Å². The molecule has 0 aliphatic rings. The van der Waals surface area contributed by atoms with E-state index < -0.39 is 0 Å². The zero-order valence-corrected chi connectivity index (χ0v) is 34.3. The number of aromatic nitrogens is 1. The molecule has 0 bridgehead atoms. The number of anilines is 3. The number of hydrogen-bond donors (Lipinski definition) is 0. The summed E-state index contributed by atoms with van der Waals surface area (Å²) in [5.74, 6) is 0. The molecule has 0 aliphatic carbocycles. The van der Waals surface area contributed by atoms with Crippen LogP contribution >= 0.6 is 11.3 Å². The van der Waals surface area contributed by atoms with Crippen LogP contribution in [0.5, 0.6) is 0 Å². The fourth-order valence-electron chi connectivity index (χ4n) is 9.71. The van der Waals surface area contributed by atoms with Crippen LogP contribution in [0.2, 0.25) is 0 Å². The van der Waals surface area contributed by atoms with Crippen molar-refractivity contribution in [3.8, 4) is 27.9 Å². The van der Waals surface area contributed by atoms with Crippen LogP contribution in [0.1, 0.15) is 0 Å². The number of benzene rings is 10. The molecule has 3 nitrogen and oxygen atoms in total. The number of nitrogens with zero attached hydrogens (tertiary/aromatic N) is 2. The summed E-state index contributed by atoms with van der Waals surface area (Å²) in [6.07, 6.45) is 0. The average molecular weight is 809 g/mol. The largest absolute Gasteiger partial charge is 0.455 e. The molecule has 0 unspecified atom stereocenters. The second kappa shape index (κ2) is 13.8. The summed E-state index contributed by atoms with van der Waals surface area (Å²) in [6.45, 7) is 0. The number of thiophene rings is 1. The zero-order valence-electron chi connectivity index (χ0n) is 33.5. The van der Waals surface area contributed by atoms with Crippen LogP contribution in [-0.2, 0) is 0 Å². The Morgan fingerprint density at radius 1 is 0.387 bits per heavy atom. The molecular formula is C58H36N2OS. The molecule has 4 heteroatoms. The molecule has 0 fully saturated rings. The van der Waals surface area contributed by atoms with Crippen molar-refractivity contribution in [3.05, 3.63) is 218 Å². The minimum atomic E-state index is 0.871. The number of fused-ring (bicyclic) bond motifs is 10. The predicted octanol–water partition coefficient (Wildman–Crippen LogP) is 17.0. The van der Waals surface area contributed by atoms with Gasteiger partial charge in [0.05, 0.1) is 16.7 Å². The van der Waals surface area contributed by atoms with Gasteiger partial charge in [0.15, 0.2) is 0 Å². The van der Waals surface area contributed by atoms with Crippen molar-refractivity contribution >= 4 is 103 Å². The normalized spacial score (nSPS) is 11.9. The Bertz CT molecular complexity index is 3830. The minimum absolute atomic E-state index is 0.871. The Hall–Kier alpha value is -7.92. The van der Waals surface area contributed by atoms with Gasteiger partial charge in [0, 0.05) is 69.7 Å². The SMILES string of the molecule is c1cc(-c2cc(N(c3ccc(-c4ccc5sc6ccccc6c5c4)cc3)c3cccc4ccccc34)cc3c2oc2ccccc23)cc(-n2c3ccccc3c3ccccc32)c1. The molecule has 0 saturated carbocycles. The van der Waals surface area contributed by atoms with Crippen molar-refractivity contribution in [2.45, 2.75) is 0 Å². The van der Waals surface area contributed by atoms with Crippen LogP contribution in [-0.4, -0.2) is 4.57 Å². The Morgan fingerprint density at radius 3 is 1.85 bits per heavy atom. The average Bonchev–Trinajstić information content (AvgIpc) is 4.01. The van der Waals surface area contributed by atoms with Gasteiger partial charge in [0.25, 0.3) is 0 Å². The highest BCUT2D eigenvalue weighted by Crippen LogP contribution is 2.46. The maximum atomic E-state index is 6.82. The third-order valence-corrected chi connectivity index (χ3v) is 13.7. The fourth-order valence-corrected chi connectivity index (χ4v) is 10.8. The predicted molar refractivity (Wildman–Crippen MR) is 264 cm³/mol.